The number of aliphatic imine (C=N–C) groups is 1. The van der Waals surface area contributed by atoms with E-state index >= 15 is 0 Å². The van der Waals surface area contributed by atoms with E-state index in [9.17, 15) is 4.79 Å². The van der Waals surface area contributed by atoms with Crippen LogP contribution >= 0.6 is 0 Å². The monoisotopic (exact) mass is 334 g/mol. The third-order valence-corrected chi connectivity index (χ3v) is 5.04. The van der Waals surface area contributed by atoms with Crippen LogP contribution in [0.3, 0.4) is 0 Å². The van der Waals surface area contributed by atoms with Gasteiger partial charge in [0.25, 0.3) is 0 Å². The van der Waals surface area contributed by atoms with Crippen molar-refractivity contribution >= 4 is 22.9 Å². The molecule has 0 atom stereocenters. The number of ketones is 1. The molecular formula is C20H18N2O3. The number of Topliss-reactive ketones (excluding diaryl/α,β-unsaturated/α-hetero) is 1. The number of para-hydroxylation sites is 1. The SMILES string of the molecule is O=C1CC(c2cccc3c2OCO3)=Nc2ccc(N3CCCC3)cc21. The summed E-state index contributed by atoms with van der Waals surface area (Å²) < 4.78 is 11.0. The van der Waals surface area contributed by atoms with Gasteiger partial charge in [0.1, 0.15) is 0 Å². The van der Waals surface area contributed by atoms with E-state index in [0.717, 1.165) is 41.3 Å². The molecule has 1 saturated heterocycles. The highest BCUT2D eigenvalue weighted by atomic mass is 16.7. The van der Waals surface area contributed by atoms with Gasteiger partial charge in [0.05, 0.1) is 17.8 Å². The fourth-order valence-corrected chi connectivity index (χ4v) is 3.76. The second kappa shape index (κ2) is 5.62. The Bertz CT molecular complexity index is 898. The fraction of sp³-hybridized carbons (Fsp3) is 0.300. The highest BCUT2D eigenvalue weighted by molar-refractivity contribution is 6.22. The van der Waals surface area contributed by atoms with Crippen LogP contribution in [0, 0.1) is 0 Å². The summed E-state index contributed by atoms with van der Waals surface area (Å²) in [5, 5.41) is 0. The van der Waals surface area contributed by atoms with E-state index < -0.39 is 0 Å². The first kappa shape index (κ1) is 14.5. The summed E-state index contributed by atoms with van der Waals surface area (Å²) in [6.45, 7) is 2.34. The molecule has 5 rings (SSSR count). The first-order valence-corrected chi connectivity index (χ1v) is 8.68. The molecule has 0 radical (unpaired) electrons. The lowest BCUT2D eigenvalue weighted by Gasteiger charge is -2.21. The second-order valence-corrected chi connectivity index (χ2v) is 6.59. The van der Waals surface area contributed by atoms with E-state index in [2.05, 4.69) is 11.0 Å². The van der Waals surface area contributed by atoms with Crippen molar-refractivity contribution in [2.45, 2.75) is 19.3 Å². The maximum atomic E-state index is 12.8. The molecule has 0 spiro atoms. The van der Waals surface area contributed by atoms with Crippen LogP contribution < -0.4 is 14.4 Å². The van der Waals surface area contributed by atoms with E-state index in [0.29, 0.717) is 11.5 Å². The van der Waals surface area contributed by atoms with Crippen molar-refractivity contribution in [1.29, 1.82) is 0 Å². The van der Waals surface area contributed by atoms with Crippen molar-refractivity contribution in [1.82, 2.24) is 0 Å². The average molecular weight is 334 g/mol. The number of anilines is 1. The molecule has 5 nitrogen and oxygen atoms in total. The molecule has 0 amide bonds. The third-order valence-electron chi connectivity index (χ3n) is 5.04. The molecule has 0 bridgehead atoms. The predicted octanol–water partition coefficient (Wildman–Crippen LogP) is 3.72. The molecule has 3 aliphatic heterocycles. The molecule has 1 fully saturated rings. The van der Waals surface area contributed by atoms with Gasteiger partial charge in [-0.05, 0) is 43.2 Å². The van der Waals surface area contributed by atoms with Crippen LogP contribution in [0.2, 0.25) is 0 Å². The maximum absolute atomic E-state index is 12.8. The Morgan fingerprint density at radius 2 is 1.88 bits per heavy atom. The minimum atomic E-state index is 0.109. The van der Waals surface area contributed by atoms with Gasteiger partial charge >= 0.3 is 0 Å². The van der Waals surface area contributed by atoms with Crippen molar-refractivity contribution in [3.63, 3.8) is 0 Å². The molecule has 2 aromatic carbocycles. The molecule has 0 N–H and O–H groups in total. The zero-order valence-electron chi connectivity index (χ0n) is 13.8. The van der Waals surface area contributed by atoms with Gasteiger partial charge in [-0.2, -0.15) is 0 Å². The summed E-state index contributed by atoms with van der Waals surface area (Å²) >= 11 is 0. The topological polar surface area (TPSA) is 51.1 Å². The summed E-state index contributed by atoms with van der Waals surface area (Å²) in [5.41, 5.74) is 4.18. The van der Waals surface area contributed by atoms with Crippen molar-refractivity contribution in [2.75, 3.05) is 24.8 Å². The number of nitrogens with zero attached hydrogens (tertiary/aromatic N) is 2. The number of carbonyl (C=O) groups excluding carboxylic acids is 1. The third kappa shape index (κ3) is 2.38. The smallest absolute Gasteiger partial charge is 0.231 e. The molecule has 0 aliphatic carbocycles. The summed E-state index contributed by atoms with van der Waals surface area (Å²) in [4.78, 5) is 19.9. The fourth-order valence-electron chi connectivity index (χ4n) is 3.76. The quantitative estimate of drug-likeness (QED) is 0.840. The Hall–Kier alpha value is -2.82. The zero-order chi connectivity index (χ0) is 16.8. The van der Waals surface area contributed by atoms with Crippen LogP contribution in [-0.2, 0) is 0 Å². The Morgan fingerprint density at radius 1 is 1.00 bits per heavy atom. The molecule has 2 aromatic rings. The minimum Gasteiger partial charge on any atom is -0.454 e. The molecule has 0 saturated carbocycles. The Morgan fingerprint density at radius 3 is 2.76 bits per heavy atom. The maximum Gasteiger partial charge on any atom is 0.231 e. The first-order valence-electron chi connectivity index (χ1n) is 8.68. The lowest BCUT2D eigenvalue weighted by Crippen LogP contribution is -2.19. The van der Waals surface area contributed by atoms with Crippen LogP contribution in [0.4, 0.5) is 11.4 Å². The van der Waals surface area contributed by atoms with Crippen molar-refractivity contribution in [2.24, 2.45) is 4.99 Å². The van der Waals surface area contributed by atoms with Gasteiger partial charge in [-0.15, -0.1) is 0 Å². The summed E-state index contributed by atoms with van der Waals surface area (Å²) in [6.07, 6.45) is 2.72. The normalized spacial score (nSPS) is 18.3. The molecule has 3 aliphatic rings. The molecule has 0 aromatic heterocycles. The average Bonchev–Trinajstić information content (AvgIpc) is 3.32. The highest BCUT2D eigenvalue weighted by Crippen LogP contribution is 2.39. The number of hydrogen-bond donors (Lipinski definition) is 0. The van der Waals surface area contributed by atoms with E-state index in [1.165, 1.54) is 12.8 Å². The predicted molar refractivity (Wildman–Crippen MR) is 95.6 cm³/mol. The van der Waals surface area contributed by atoms with E-state index in [4.69, 9.17) is 14.5 Å². The van der Waals surface area contributed by atoms with Crippen LogP contribution in [0.1, 0.15) is 35.2 Å². The van der Waals surface area contributed by atoms with E-state index in [-0.39, 0.29) is 19.0 Å². The van der Waals surface area contributed by atoms with Gasteiger partial charge in [0.2, 0.25) is 6.79 Å². The standard InChI is InChI=1S/C20H18N2O3/c23-18-11-17(14-4-3-5-19-20(14)25-12-24-19)21-16-7-6-13(10-15(16)18)22-8-1-2-9-22/h3-7,10H,1-2,8-9,11-12H2. The van der Waals surface area contributed by atoms with Crippen molar-refractivity contribution in [3.8, 4) is 11.5 Å². The number of fused-ring (bicyclic) bond motifs is 2. The Kier molecular flexibility index (Phi) is 3.26. The summed E-state index contributed by atoms with van der Waals surface area (Å²) in [7, 11) is 0. The number of benzene rings is 2. The molecule has 3 heterocycles. The number of ether oxygens (including phenoxy) is 2. The van der Waals surface area contributed by atoms with Crippen LogP contribution in [-0.4, -0.2) is 31.4 Å². The largest absolute Gasteiger partial charge is 0.454 e. The molecule has 25 heavy (non-hydrogen) atoms. The molecular weight excluding hydrogens is 316 g/mol. The first-order chi connectivity index (χ1) is 12.3. The molecule has 0 unspecified atom stereocenters. The van der Waals surface area contributed by atoms with Crippen molar-refractivity contribution < 1.29 is 14.3 Å². The molecule has 126 valence electrons. The Labute approximate surface area is 145 Å². The summed E-state index contributed by atoms with van der Waals surface area (Å²) in [5.74, 6) is 1.51. The highest BCUT2D eigenvalue weighted by Gasteiger charge is 2.27. The number of rotatable bonds is 2. The molecule has 5 heteroatoms. The minimum absolute atomic E-state index is 0.109. The van der Waals surface area contributed by atoms with Crippen LogP contribution in [0.25, 0.3) is 0 Å². The second-order valence-electron chi connectivity index (χ2n) is 6.59. The zero-order valence-corrected chi connectivity index (χ0v) is 13.8. The van der Waals surface area contributed by atoms with Gasteiger partial charge in [-0.25, -0.2) is 0 Å². The van der Waals surface area contributed by atoms with Gasteiger partial charge in [-0.3, -0.25) is 9.79 Å². The lowest BCUT2D eigenvalue weighted by molar-refractivity contribution is 0.1000. The number of carbonyl (C=O) groups is 1. The van der Waals surface area contributed by atoms with Gasteiger partial charge < -0.3 is 14.4 Å². The number of hydrogen-bond acceptors (Lipinski definition) is 5. The van der Waals surface area contributed by atoms with Crippen molar-refractivity contribution in [3.05, 3.63) is 47.5 Å². The van der Waals surface area contributed by atoms with E-state index in [1.54, 1.807) is 0 Å². The Balaban J connectivity index is 1.55. The van der Waals surface area contributed by atoms with Gasteiger partial charge in [0, 0.05) is 29.9 Å². The van der Waals surface area contributed by atoms with E-state index in [1.807, 2.05) is 30.3 Å². The van der Waals surface area contributed by atoms with Crippen LogP contribution in [0.5, 0.6) is 11.5 Å². The van der Waals surface area contributed by atoms with Gasteiger partial charge in [-0.1, -0.05) is 6.07 Å². The van der Waals surface area contributed by atoms with Gasteiger partial charge in [0.15, 0.2) is 17.3 Å². The summed E-state index contributed by atoms with van der Waals surface area (Å²) in [6, 6.07) is 11.7. The van der Waals surface area contributed by atoms with Crippen LogP contribution in [0.15, 0.2) is 41.4 Å². The lowest BCUT2D eigenvalue weighted by atomic mass is 9.95.